The second-order valence-corrected chi connectivity index (χ2v) is 25.6. The zero-order valence-electron chi connectivity index (χ0n) is 40.1. The maximum absolute atomic E-state index is 13.3. The first kappa shape index (κ1) is 46.2. The number of quaternary nitrogens is 1. The molecule has 9 heteroatoms. The number of pyridine rings is 1. The zero-order valence-corrected chi connectivity index (χ0v) is 41.9. The summed E-state index contributed by atoms with van der Waals surface area (Å²) in [6, 6.07) is 53.1. The van der Waals surface area contributed by atoms with E-state index in [1.165, 1.54) is 5.56 Å². The molecule has 1 unspecified atom stereocenters. The summed E-state index contributed by atoms with van der Waals surface area (Å²) in [4.78, 5) is 14.9. The van der Waals surface area contributed by atoms with Crippen molar-refractivity contribution < 1.29 is 18.8 Å². The van der Waals surface area contributed by atoms with Gasteiger partial charge in [0, 0.05) is 58.2 Å². The van der Waals surface area contributed by atoms with Gasteiger partial charge in [0.1, 0.15) is 23.5 Å². The fourth-order valence-corrected chi connectivity index (χ4v) is 11.9. The van der Waals surface area contributed by atoms with Crippen molar-refractivity contribution in [2.24, 2.45) is 11.8 Å². The predicted molar refractivity (Wildman–Crippen MR) is 282 cm³/mol. The number of hydrogen-bond acceptors (Lipinski definition) is 6. The summed E-state index contributed by atoms with van der Waals surface area (Å²) < 4.78 is 15.9. The van der Waals surface area contributed by atoms with E-state index >= 15 is 0 Å². The second kappa shape index (κ2) is 18.7. The van der Waals surface area contributed by atoms with Gasteiger partial charge in [-0.2, -0.15) is 4.98 Å². The number of aromatic nitrogens is 3. The summed E-state index contributed by atoms with van der Waals surface area (Å²) in [7, 11) is -2.33. The van der Waals surface area contributed by atoms with Crippen LogP contribution in [0.3, 0.4) is 0 Å². The van der Waals surface area contributed by atoms with Crippen LogP contribution in [0.4, 0.5) is 0 Å². The molecule has 5 heterocycles. The number of fused-ring (bicyclic) bond motifs is 4. The van der Waals surface area contributed by atoms with E-state index in [2.05, 4.69) is 119 Å². The Balaban J connectivity index is 1.19. The smallest absolute Gasteiger partial charge is 0.250 e. The molecule has 6 aromatic carbocycles. The lowest BCUT2D eigenvalue weighted by atomic mass is 9.71. The topological polar surface area (TPSA) is 80.2 Å². The molecule has 7 nitrogen and oxygen atoms in total. The molecule has 3 fully saturated rings. The van der Waals surface area contributed by atoms with E-state index in [9.17, 15) is 5.11 Å². The number of piperidine rings is 3. The van der Waals surface area contributed by atoms with Crippen LogP contribution in [0.2, 0.25) is 23.3 Å². The molecule has 2 bridgehead atoms. The van der Waals surface area contributed by atoms with Crippen molar-refractivity contribution in [2.75, 3.05) is 13.1 Å². The largest absolute Gasteiger partial charge is 0.872 e. The number of halogens is 1. The first-order chi connectivity index (χ1) is 33.3. The molecule has 3 aliphatic heterocycles. The van der Waals surface area contributed by atoms with Crippen LogP contribution in [0.5, 0.6) is 17.4 Å². The molecular formula is C60H59ClN4O3Si. The highest BCUT2D eigenvalue weighted by molar-refractivity contribution is 6.74. The first-order valence-corrected chi connectivity index (χ1v) is 27.5. The average molecular weight is 948 g/mol. The van der Waals surface area contributed by atoms with Gasteiger partial charge in [0.05, 0.1) is 24.2 Å². The summed E-state index contributed by atoms with van der Waals surface area (Å²) in [5.74, 6) is 2.41. The van der Waals surface area contributed by atoms with Gasteiger partial charge < -0.3 is 18.8 Å². The van der Waals surface area contributed by atoms with E-state index in [0.29, 0.717) is 34.3 Å². The van der Waals surface area contributed by atoms with E-state index in [1.54, 1.807) is 12.1 Å². The monoisotopic (exact) mass is 946 g/mol. The highest BCUT2D eigenvalue weighted by atomic mass is 35.5. The molecule has 0 saturated carbocycles. The van der Waals surface area contributed by atoms with E-state index in [1.807, 2.05) is 79.0 Å². The van der Waals surface area contributed by atoms with Crippen molar-refractivity contribution >= 4 is 30.8 Å². The van der Waals surface area contributed by atoms with Crippen molar-refractivity contribution in [3.05, 3.63) is 193 Å². The fraction of sp³-hybridized carbons (Fsp3) is 0.250. The standard InChI is InChI=1S/C60H59ClN4O3Si/c1-7-41-39-65(38-40-34-49(42-20-12-8-13-21-42)55(68-69(5,6)60(2,3)4)50(35-40)43-22-14-9-15-23-43)33-31-46(41)36-53(65)56(48-30-32-62-52-29-28-47(66)37-51(48)52)67-59-54(44-24-16-10-17-25-44)57(61)63-58(64-59)45-26-18-11-19-27-45/h7-30,32,34-35,37,41,46,53,56H,1,31,33,36,38-39H2,2-6H3/t41-,46-,53+,56-,65?/m0/s1. The predicted octanol–water partition coefficient (Wildman–Crippen LogP) is 14.5. The summed E-state index contributed by atoms with van der Waals surface area (Å²) in [6.07, 6.45) is 5.37. The lowest BCUT2D eigenvalue weighted by Gasteiger charge is -2.58. The minimum absolute atomic E-state index is 0.0216. The van der Waals surface area contributed by atoms with Crippen molar-refractivity contribution in [1.82, 2.24) is 15.0 Å². The molecule has 3 saturated heterocycles. The summed E-state index contributed by atoms with van der Waals surface area (Å²) in [5.41, 5.74) is 9.54. The highest BCUT2D eigenvalue weighted by Crippen LogP contribution is 2.52. The SMILES string of the molecule is C=C[C@H]1C[N+]2(Cc3cc(-c4ccccc4)c(O[Si](C)(C)C(C)(C)C)c(-c4ccccc4)c3)CC[C@H]1C[C@@H]2[C@@H](Oc1nc(-c2ccccc2)nc(Cl)c1-c1ccccc1)c1ccnc2ccc([O-])cc12. The molecule has 5 atom stereocenters. The molecule has 0 radical (unpaired) electrons. The van der Waals surface area contributed by atoms with Crippen LogP contribution in [-0.4, -0.2) is 46.9 Å². The molecule has 3 aliphatic rings. The molecule has 8 aromatic rings. The summed E-state index contributed by atoms with van der Waals surface area (Å²) in [6.45, 7) is 18.5. The van der Waals surface area contributed by atoms with E-state index in [4.69, 9.17) is 35.7 Å². The van der Waals surface area contributed by atoms with Crippen LogP contribution in [0.25, 0.3) is 55.7 Å². The Kier molecular flexibility index (Phi) is 12.5. The Bertz CT molecular complexity index is 3070. The van der Waals surface area contributed by atoms with Crippen LogP contribution in [0, 0.1) is 11.8 Å². The van der Waals surface area contributed by atoms with Gasteiger partial charge in [0.2, 0.25) is 5.88 Å². The van der Waals surface area contributed by atoms with Gasteiger partial charge in [-0.1, -0.05) is 172 Å². The Labute approximate surface area is 412 Å². The van der Waals surface area contributed by atoms with Gasteiger partial charge in [-0.05, 0) is 65.0 Å². The van der Waals surface area contributed by atoms with Gasteiger partial charge in [0.25, 0.3) is 8.32 Å². The fourth-order valence-electron chi connectivity index (χ4n) is 10.6. The van der Waals surface area contributed by atoms with Crippen molar-refractivity contribution in [3.63, 3.8) is 0 Å². The number of ether oxygens (including phenoxy) is 1. The molecule has 0 spiro atoms. The van der Waals surface area contributed by atoms with Crippen molar-refractivity contribution in [2.45, 2.75) is 70.4 Å². The molecule has 69 heavy (non-hydrogen) atoms. The third-order valence-corrected chi connectivity index (χ3v) is 19.8. The second-order valence-electron chi connectivity index (χ2n) is 20.5. The first-order valence-electron chi connectivity index (χ1n) is 24.2. The molecular weight excluding hydrogens is 888 g/mol. The Morgan fingerprint density at radius 1 is 0.783 bits per heavy atom. The minimum Gasteiger partial charge on any atom is -0.872 e. The lowest BCUT2D eigenvalue weighted by molar-refractivity contribution is -0.984. The molecule has 0 amide bonds. The highest BCUT2D eigenvalue weighted by Gasteiger charge is 2.55. The van der Waals surface area contributed by atoms with Crippen LogP contribution in [0.15, 0.2) is 177 Å². The summed E-state index contributed by atoms with van der Waals surface area (Å²) in [5, 5.41) is 14.4. The van der Waals surface area contributed by atoms with E-state index in [-0.39, 0.29) is 16.8 Å². The minimum atomic E-state index is -2.33. The van der Waals surface area contributed by atoms with Crippen molar-refractivity contribution in [1.29, 1.82) is 0 Å². The molecule has 348 valence electrons. The maximum Gasteiger partial charge on any atom is 0.250 e. The van der Waals surface area contributed by atoms with Crippen LogP contribution >= 0.6 is 11.6 Å². The zero-order chi connectivity index (χ0) is 47.9. The van der Waals surface area contributed by atoms with E-state index < -0.39 is 14.4 Å². The molecule has 11 rings (SSSR count). The van der Waals surface area contributed by atoms with Crippen molar-refractivity contribution in [3.8, 4) is 62.1 Å². The third-order valence-electron chi connectivity index (χ3n) is 15.2. The van der Waals surface area contributed by atoms with Crippen LogP contribution in [0.1, 0.15) is 50.8 Å². The maximum atomic E-state index is 13.3. The Hall–Kier alpha value is -6.58. The number of hydrogen-bond donors (Lipinski definition) is 0. The number of benzene rings is 6. The molecule has 0 N–H and O–H groups in total. The van der Waals surface area contributed by atoms with Gasteiger partial charge in [-0.25, -0.2) is 4.98 Å². The van der Waals surface area contributed by atoms with E-state index in [0.717, 1.165) is 92.6 Å². The quantitative estimate of drug-likeness (QED) is 0.0496. The number of nitrogens with zero attached hydrogens (tertiary/aromatic N) is 4. The van der Waals surface area contributed by atoms with Crippen LogP contribution in [-0.2, 0) is 6.54 Å². The molecule has 2 aromatic heterocycles. The van der Waals surface area contributed by atoms with Crippen LogP contribution < -0.4 is 14.3 Å². The van der Waals surface area contributed by atoms with Gasteiger partial charge in [0.15, 0.2) is 11.9 Å². The lowest BCUT2D eigenvalue weighted by Crippen LogP contribution is -2.68. The van der Waals surface area contributed by atoms with Gasteiger partial charge in [-0.15, -0.1) is 12.3 Å². The number of rotatable bonds is 13. The third kappa shape index (κ3) is 9.09. The normalized spacial score (nSPS) is 19.5. The summed E-state index contributed by atoms with van der Waals surface area (Å²) >= 11 is 7.29. The average Bonchev–Trinajstić information content (AvgIpc) is 3.36. The Morgan fingerprint density at radius 3 is 1.97 bits per heavy atom. The molecule has 0 aliphatic carbocycles. The van der Waals surface area contributed by atoms with Gasteiger partial charge in [-0.3, -0.25) is 4.98 Å². The Morgan fingerprint density at radius 2 is 1.38 bits per heavy atom. The van der Waals surface area contributed by atoms with Gasteiger partial charge >= 0.3 is 0 Å².